The number of carbonyl (C=O) groups is 3. The molecule has 0 atom stereocenters. The van der Waals surface area contributed by atoms with Gasteiger partial charge in [0, 0.05) is 24.3 Å². The van der Waals surface area contributed by atoms with Gasteiger partial charge in [-0.1, -0.05) is 0 Å². The predicted octanol–water partition coefficient (Wildman–Crippen LogP) is 2.28. The van der Waals surface area contributed by atoms with Crippen LogP contribution in [0.2, 0.25) is 0 Å². The third kappa shape index (κ3) is 4.65. The van der Waals surface area contributed by atoms with E-state index in [-0.39, 0.29) is 29.8 Å². The minimum atomic E-state index is -1.41. The maximum atomic E-state index is 14.6. The van der Waals surface area contributed by atoms with Crippen molar-refractivity contribution in [3.8, 4) is 0 Å². The van der Waals surface area contributed by atoms with Crippen molar-refractivity contribution in [1.82, 2.24) is 4.57 Å². The SMILES string of the molecule is CCOC(=O)C(=CNc1cc2c(cc1F)c(=O)c(C(=O)O)cn2CC)C(=O)OCC. The largest absolute Gasteiger partial charge is 0.477 e. The van der Waals surface area contributed by atoms with Crippen LogP contribution in [-0.2, 0) is 25.6 Å². The number of aromatic nitrogens is 1. The summed E-state index contributed by atoms with van der Waals surface area (Å²) in [5, 5.41) is 11.6. The number of nitrogens with zero attached hydrogens (tertiary/aromatic N) is 1. The van der Waals surface area contributed by atoms with Gasteiger partial charge in [-0.2, -0.15) is 0 Å². The number of rotatable bonds is 8. The lowest BCUT2D eigenvalue weighted by atomic mass is 10.1. The predicted molar refractivity (Wildman–Crippen MR) is 106 cm³/mol. The van der Waals surface area contributed by atoms with Crippen molar-refractivity contribution in [2.75, 3.05) is 18.5 Å². The van der Waals surface area contributed by atoms with Crippen LogP contribution < -0.4 is 10.7 Å². The van der Waals surface area contributed by atoms with Crippen LogP contribution in [0.15, 0.2) is 34.9 Å². The van der Waals surface area contributed by atoms with Crippen molar-refractivity contribution in [1.29, 1.82) is 0 Å². The molecule has 10 heteroatoms. The second-order valence-electron chi connectivity index (χ2n) is 5.96. The molecule has 0 bridgehead atoms. The Bertz CT molecular complexity index is 1070. The number of halogens is 1. The normalized spacial score (nSPS) is 10.4. The van der Waals surface area contributed by atoms with Gasteiger partial charge in [-0.15, -0.1) is 0 Å². The van der Waals surface area contributed by atoms with Crippen molar-refractivity contribution in [3.63, 3.8) is 0 Å². The van der Waals surface area contributed by atoms with E-state index in [1.165, 1.54) is 16.8 Å². The summed E-state index contributed by atoms with van der Waals surface area (Å²) in [5.74, 6) is -4.18. The molecule has 0 radical (unpaired) electrons. The van der Waals surface area contributed by atoms with E-state index in [1.54, 1.807) is 20.8 Å². The molecule has 1 aromatic carbocycles. The second-order valence-corrected chi connectivity index (χ2v) is 5.96. The molecule has 0 amide bonds. The molecule has 0 aliphatic carbocycles. The van der Waals surface area contributed by atoms with E-state index >= 15 is 0 Å². The Hall–Kier alpha value is -3.69. The number of esters is 2. The Kier molecular flexibility index (Phi) is 7.29. The van der Waals surface area contributed by atoms with Crippen molar-refractivity contribution in [2.45, 2.75) is 27.3 Å². The number of pyridine rings is 1. The zero-order chi connectivity index (χ0) is 22.4. The van der Waals surface area contributed by atoms with Crippen LogP contribution in [0.3, 0.4) is 0 Å². The molecule has 2 rings (SSSR count). The summed E-state index contributed by atoms with van der Waals surface area (Å²) >= 11 is 0. The van der Waals surface area contributed by atoms with Gasteiger partial charge in [-0.3, -0.25) is 4.79 Å². The molecule has 0 unspecified atom stereocenters. The van der Waals surface area contributed by atoms with E-state index in [0.29, 0.717) is 6.54 Å². The van der Waals surface area contributed by atoms with Crippen LogP contribution in [0.25, 0.3) is 10.9 Å². The second kappa shape index (κ2) is 9.68. The van der Waals surface area contributed by atoms with Gasteiger partial charge in [-0.25, -0.2) is 18.8 Å². The average Bonchev–Trinajstić information content (AvgIpc) is 2.69. The number of anilines is 1. The number of carboxylic acid groups (broad SMARTS) is 1. The number of hydrogen-bond acceptors (Lipinski definition) is 7. The van der Waals surface area contributed by atoms with Crippen LogP contribution in [-0.4, -0.2) is 40.8 Å². The zero-order valence-electron chi connectivity index (χ0n) is 16.7. The Labute approximate surface area is 170 Å². The molecular formula is C20H21FN2O7. The van der Waals surface area contributed by atoms with Crippen LogP contribution in [0, 0.1) is 5.82 Å². The first-order valence-electron chi connectivity index (χ1n) is 9.15. The minimum Gasteiger partial charge on any atom is -0.477 e. The third-order valence-electron chi connectivity index (χ3n) is 4.10. The number of carboxylic acids is 1. The lowest BCUT2D eigenvalue weighted by Crippen LogP contribution is -2.20. The van der Waals surface area contributed by atoms with Crippen LogP contribution >= 0.6 is 0 Å². The standard InChI is InChI=1S/C20H21FN2O7/c1-4-23-10-13(18(25)26)17(24)11-7-14(21)15(8-16(11)23)22-9-12(19(27)29-5-2)20(28)30-6-3/h7-10,22H,4-6H2,1-3H3,(H,25,26). The molecule has 1 aromatic heterocycles. The minimum absolute atomic E-state index is 0.0224. The van der Waals surface area contributed by atoms with Gasteiger partial charge < -0.3 is 24.5 Å². The summed E-state index contributed by atoms with van der Waals surface area (Å²) in [6.45, 7) is 5.21. The number of aryl methyl sites for hydroxylation is 1. The lowest BCUT2D eigenvalue weighted by molar-refractivity contribution is -0.146. The molecule has 1 heterocycles. The quantitative estimate of drug-likeness (QED) is 0.289. The van der Waals surface area contributed by atoms with E-state index in [0.717, 1.165) is 12.3 Å². The fraction of sp³-hybridized carbons (Fsp3) is 0.300. The molecule has 160 valence electrons. The number of ether oxygens (including phenoxy) is 2. The van der Waals surface area contributed by atoms with Gasteiger partial charge in [0.05, 0.1) is 24.4 Å². The summed E-state index contributed by atoms with van der Waals surface area (Å²) in [6.07, 6.45) is 2.13. The van der Waals surface area contributed by atoms with Crippen LogP contribution in [0.4, 0.5) is 10.1 Å². The van der Waals surface area contributed by atoms with Crippen molar-refractivity contribution < 1.29 is 33.4 Å². The lowest BCUT2D eigenvalue weighted by Gasteiger charge is -2.13. The number of fused-ring (bicyclic) bond motifs is 1. The van der Waals surface area contributed by atoms with Crippen LogP contribution in [0.1, 0.15) is 31.1 Å². The summed E-state index contributed by atoms with van der Waals surface area (Å²) < 4.78 is 25.7. The molecule has 0 fully saturated rings. The van der Waals surface area contributed by atoms with Crippen molar-refractivity contribution in [3.05, 3.63) is 51.7 Å². The topological polar surface area (TPSA) is 124 Å². The summed E-state index contributed by atoms with van der Waals surface area (Å²) in [6, 6.07) is 2.19. The molecule has 30 heavy (non-hydrogen) atoms. The van der Waals surface area contributed by atoms with E-state index < -0.39 is 40.3 Å². The van der Waals surface area contributed by atoms with E-state index in [2.05, 4.69) is 5.32 Å². The monoisotopic (exact) mass is 420 g/mol. The summed E-state index contributed by atoms with van der Waals surface area (Å²) in [7, 11) is 0. The Morgan fingerprint density at radius 2 is 1.73 bits per heavy atom. The van der Waals surface area contributed by atoms with Crippen molar-refractivity contribution in [2.24, 2.45) is 0 Å². The molecule has 0 saturated heterocycles. The van der Waals surface area contributed by atoms with Crippen molar-refractivity contribution >= 4 is 34.5 Å². The first kappa shape index (κ1) is 22.6. The third-order valence-corrected chi connectivity index (χ3v) is 4.10. The maximum absolute atomic E-state index is 14.6. The van der Waals surface area contributed by atoms with Gasteiger partial charge in [0.1, 0.15) is 11.4 Å². The number of hydrogen-bond donors (Lipinski definition) is 2. The highest BCUT2D eigenvalue weighted by atomic mass is 19.1. The number of nitrogens with one attached hydrogen (secondary N) is 1. The molecule has 0 aliphatic rings. The fourth-order valence-corrected chi connectivity index (χ4v) is 2.70. The zero-order valence-corrected chi connectivity index (χ0v) is 16.7. The summed E-state index contributed by atoms with van der Waals surface area (Å²) in [4.78, 5) is 47.7. The van der Waals surface area contributed by atoms with Gasteiger partial charge in [0.2, 0.25) is 5.43 Å². The molecule has 0 saturated carbocycles. The van der Waals surface area contributed by atoms with Gasteiger partial charge in [0.25, 0.3) is 0 Å². The number of carbonyl (C=O) groups excluding carboxylic acids is 2. The molecule has 2 aromatic rings. The van der Waals surface area contributed by atoms with E-state index in [4.69, 9.17) is 9.47 Å². The van der Waals surface area contributed by atoms with Gasteiger partial charge in [-0.05, 0) is 32.9 Å². The molecule has 0 aliphatic heterocycles. The Morgan fingerprint density at radius 3 is 2.23 bits per heavy atom. The highest BCUT2D eigenvalue weighted by molar-refractivity contribution is 6.14. The Balaban J connectivity index is 2.57. The smallest absolute Gasteiger partial charge is 0.347 e. The molecule has 2 N–H and O–H groups in total. The van der Waals surface area contributed by atoms with Gasteiger partial charge >= 0.3 is 17.9 Å². The van der Waals surface area contributed by atoms with E-state index in [1.807, 2.05) is 0 Å². The molecule has 9 nitrogen and oxygen atoms in total. The number of benzene rings is 1. The maximum Gasteiger partial charge on any atom is 0.347 e. The molecular weight excluding hydrogens is 399 g/mol. The highest BCUT2D eigenvalue weighted by Gasteiger charge is 2.22. The Morgan fingerprint density at radius 1 is 1.13 bits per heavy atom. The highest BCUT2D eigenvalue weighted by Crippen LogP contribution is 2.22. The fourth-order valence-electron chi connectivity index (χ4n) is 2.70. The van der Waals surface area contributed by atoms with Crippen LogP contribution in [0.5, 0.6) is 0 Å². The average molecular weight is 420 g/mol. The number of aromatic carboxylic acids is 1. The first-order valence-corrected chi connectivity index (χ1v) is 9.15. The van der Waals surface area contributed by atoms with Gasteiger partial charge in [0.15, 0.2) is 5.57 Å². The van der Waals surface area contributed by atoms with E-state index in [9.17, 15) is 28.7 Å². The molecule has 0 spiro atoms. The first-order chi connectivity index (χ1) is 14.2. The summed E-state index contributed by atoms with van der Waals surface area (Å²) in [5.41, 5.74) is -1.62.